The number of nitrogens with one attached hydrogen (secondary N) is 2. The number of hydrogen-bond acceptors (Lipinski definition) is 3. The Morgan fingerprint density at radius 2 is 2.58 bits per heavy atom. The Bertz CT molecular complexity index is 262. The molecule has 0 bridgehead atoms. The molecule has 4 heteroatoms. The average molecular weight is 165 g/mol. The fraction of sp³-hybridized carbons (Fsp3) is 0.500. The number of aromatic amines is 1. The highest BCUT2D eigenvalue weighted by Gasteiger charge is 2.23. The lowest BCUT2D eigenvalue weighted by atomic mass is 10.0. The standard InChI is InChI=1S/C8H11N3O/c12-8(6-1-2-9-3-6)7-4-10-5-11-7/h4-6,9H,1-3H2,(H,10,11). The minimum atomic E-state index is 0.144. The van der Waals surface area contributed by atoms with Crippen LogP contribution in [0.15, 0.2) is 12.5 Å². The van der Waals surface area contributed by atoms with Crippen molar-refractivity contribution >= 4 is 5.78 Å². The Balaban J connectivity index is 2.09. The van der Waals surface area contributed by atoms with Gasteiger partial charge >= 0.3 is 0 Å². The number of imidazole rings is 1. The van der Waals surface area contributed by atoms with Crippen molar-refractivity contribution in [2.75, 3.05) is 13.1 Å². The van der Waals surface area contributed by atoms with E-state index in [-0.39, 0.29) is 11.7 Å². The summed E-state index contributed by atoms with van der Waals surface area (Å²) < 4.78 is 0. The summed E-state index contributed by atoms with van der Waals surface area (Å²) in [5.41, 5.74) is 0.628. The molecular formula is C8H11N3O. The molecule has 1 aromatic rings. The maximum atomic E-state index is 11.6. The molecule has 1 aliphatic heterocycles. The Labute approximate surface area is 70.4 Å². The molecule has 0 saturated carbocycles. The second kappa shape index (κ2) is 3.06. The summed E-state index contributed by atoms with van der Waals surface area (Å²) in [6.07, 6.45) is 4.06. The number of ketones is 1. The molecule has 0 amide bonds. The van der Waals surface area contributed by atoms with Crippen LogP contribution in [-0.4, -0.2) is 28.8 Å². The maximum Gasteiger partial charge on any atom is 0.185 e. The summed E-state index contributed by atoms with van der Waals surface area (Å²) >= 11 is 0. The molecule has 2 rings (SSSR count). The maximum absolute atomic E-state index is 11.6. The van der Waals surface area contributed by atoms with Crippen LogP contribution in [0, 0.1) is 5.92 Å². The van der Waals surface area contributed by atoms with Gasteiger partial charge in [0.25, 0.3) is 0 Å². The number of hydrogen-bond donors (Lipinski definition) is 2. The van der Waals surface area contributed by atoms with Gasteiger partial charge in [-0.2, -0.15) is 0 Å². The monoisotopic (exact) mass is 165 g/mol. The summed E-state index contributed by atoms with van der Waals surface area (Å²) in [6.45, 7) is 1.75. The largest absolute Gasteiger partial charge is 0.342 e. The van der Waals surface area contributed by atoms with Crippen LogP contribution in [0.1, 0.15) is 16.9 Å². The normalized spacial score (nSPS) is 22.8. The SMILES string of the molecule is O=C(c1cnc[nH]1)C1CCNC1. The van der Waals surface area contributed by atoms with Crippen molar-refractivity contribution in [3.8, 4) is 0 Å². The van der Waals surface area contributed by atoms with E-state index >= 15 is 0 Å². The van der Waals surface area contributed by atoms with Gasteiger partial charge in [0, 0.05) is 12.5 Å². The lowest BCUT2D eigenvalue weighted by Gasteiger charge is -2.03. The Kier molecular flexibility index (Phi) is 1.91. The van der Waals surface area contributed by atoms with Crippen molar-refractivity contribution in [1.82, 2.24) is 15.3 Å². The number of carbonyl (C=O) groups is 1. The van der Waals surface area contributed by atoms with Gasteiger partial charge in [-0.15, -0.1) is 0 Å². The van der Waals surface area contributed by atoms with E-state index in [4.69, 9.17) is 0 Å². The van der Waals surface area contributed by atoms with Crippen LogP contribution in [-0.2, 0) is 0 Å². The van der Waals surface area contributed by atoms with Crippen LogP contribution in [0.25, 0.3) is 0 Å². The van der Waals surface area contributed by atoms with Crippen LogP contribution in [0.5, 0.6) is 0 Å². The van der Waals surface area contributed by atoms with Crippen LogP contribution in [0.2, 0.25) is 0 Å². The Morgan fingerprint density at radius 3 is 3.17 bits per heavy atom. The van der Waals surface area contributed by atoms with Gasteiger partial charge in [0.1, 0.15) is 5.69 Å². The zero-order chi connectivity index (χ0) is 8.39. The zero-order valence-electron chi connectivity index (χ0n) is 6.71. The Hall–Kier alpha value is -1.16. The highest BCUT2D eigenvalue weighted by molar-refractivity contribution is 5.96. The van der Waals surface area contributed by atoms with Crippen molar-refractivity contribution in [1.29, 1.82) is 0 Å². The third kappa shape index (κ3) is 1.25. The minimum Gasteiger partial charge on any atom is -0.342 e. The van der Waals surface area contributed by atoms with Gasteiger partial charge in [-0.1, -0.05) is 0 Å². The second-order valence-electron chi connectivity index (χ2n) is 3.02. The van der Waals surface area contributed by atoms with Crippen LogP contribution >= 0.6 is 0 Å². The van der Waals surface area contributed by atoms with Gasteiger partial charge in [0.05, 0.1) is 12.5 Å². The minimum absolute atomic E-state index is 0.144. The number of carbonyl (C=O) groups excluding carboxylic acids is 1. The molecule has 1 aliphatic rings. The summed E-state index contributed by atoms with van der Waals surface area (Å²) in [5.74, 6) is 0.322. The first kappa shape index (κ1) is 7.49. The van der Waals surface area contributed by atoms with E-state index in [9.17, 15) is 4.79 Å². The molecular weight excluding hydrogens is 154 g/mol. The molecule has 12 heavy (non-hydrogen) atoms. The van der Waals surface area contributed by atoms with E-state index in [1.165, 1.54) is 6.33 Å². The van der Waals surface area contributed by atoms with Crippen molar-refractivity contribution in [2.24, 2.45) is 5.92 Å². The van der Waals surface area contributed by atoms with E-state index in [0.29, 0.717) is 5.69 Å². The van der Waals surface area contributed by atoms with Gasteiger partial charge in [0.15, 0.2) is 5.78 Å². The fourth-order valence-electron chi connectivity index (χ4n) is 1.49. The first-order valence-corrected chi connectivity index (χ1v) is 4.11. The first-order valence-electron chi connectivity index (χ1n) is 4.11. The zero-order valence-corrected chi connectivity index (χ0v) is 6.71. The molecule has 2 N–H and O–H groups in total. The van der Waals surface area contributed by atoms with Gasteiger partial charge in [-0.25, -0.2) is 4.98 Å². The molecule has 0 aliphatic carbocycles. The van der Waals surface area contributed by atoms with Crippen molar-refractivity contribution < 1.29 is 4.79 Å². The van der Waals surface area contributed by atoms with Crippen LogP contribution in [0.3, 0.4) is 0 Å². The van der Waals surface area contributed by atoms with Crippen molar-refractivity contribution in [2.45, 2.75) is 6.42 Å². The molecule has 1 saturated heterocycles. The first-order chi connectivity index (χ1) is 5.88. The summed E-state index contributed by atoms with van der Waals surface area (Å²) in [4.78, 5) is 18.2. The van der Waals surface area contributed by atoms with E-state index in [0.717, 1.165) is 19.5 Å². The predicted molar refractivity (Wildman–Crippen MR) is 43.9 cm³/mol. The molecule has 1 aromatic heterocycles. The Morgan fingerprint density at radius 1 is 1.67 bits per heavy atom. The number of rotatable bonds is 2. The van der Waals surface area contributed by atoms with Crippen molar-refractivity contribution in [3.05, 3.63) is 18.2 Å². The lowest BCUT2D eigenvalue weighted by Crippen LogP contribution is -2.18. The second-order valence-corrected chi connectivity index (χ2v) is 3.02. The predicted octanol–water partition coefficient (Wildman–Crippen LogP) is 0.202. The molecule has 1 atom stereocenters. The third-order valence-corrected chi connectivity index (χ3v) is 2.19. The molecule has 0 radical (unpaired) electrons. The summed E-state index contributed by atoms with van der Waals surface area (Å²) in [5, 5.41) is 3.16. The van der Waals surface area contributed by atoms with Gasteiger partial charge in [-0.05, 0) is 13.0 Å². The molecule has 2 heterocycles. The number of aromatic nitrogens is 2. The third-order valence-electron chi connectivity index (χ3n) is 2.19. The van der Waals surface area contributed by atoms with Crippen molar-refractivity contribution in [3.63, 3.8) is 0 Å². The number of Topliss-reactive ketones (excluding diaryl/α,β-unsaturated/α-hetero) is 1. The summed E-state index contributed by atoms with van der Waals surface area (Å²) in [6, 6.07) is 0. The lowest BCUT2D eigenvalue weighted by molar-refractivity contribution is 0.0926. The quantitative estimate of drug-likeness (QED) is 0.615. The van der Waals surface area contributed by atoms with Crippen LogP contribution < -0.4 is 5.32 Å². The fourth-order valence-corrected chi connectivity index (χ4v) is 1.49. The topological polar surface area (TPSA) is 57.8 Å². The smallest absolute Gasteiger partial charge is 0.185 e. The molecule has 0 aromatic carbocycles. The summed E-state index contributed by atoms with van der Waals surface area (Å²) in [7, 11) is 0. The van der Waals surface area contributed by atoms with Gasteiger partial charge < -0.3 is 10.3 Å². The highest BCUT2D eigenvalue weighted by Crippen LogP contribution is 2.12. The molecule has 0 spiro atoms. The van der Waals surface area contributed by atoms with E-state index in [1.807, 2.05) is 0 Å². The van der Waals surface area contributed by atoms with Crippen LogP contribution in [0.4, 0.5) is 0 Å². The number of nitrogens with zero attached hydrogens (tertiary/aromatic N) is 1. The molecule has 1 unspecified atom stereocenters. The van der Waals surface area contributed by atoms with E-state index in [1.54, 1.807) is 6.20 Å². The van der Waals surface area contributed by atoms with Gasteiger partial charge in [-0.3, -0.25) is 4.79 Å². The van der Waals surface area contributed by atoms with Gasteiger partial charge in [0.2, 0.25) is 0 Å². The highest BCUT2D eigenvalue weighted by atomic mass is 16.1. The van der Waals surface area contributed by atoms with E-state index < -0.39 is 0 Å². The van der Waals surface area contributed by atoms with E-state index in [2.05, 4.69) is 15.3 Å². The number of H-pyrrole nitrogens is 1. The average Bonchev–Trinajstić information content (AvgIpc) is 2.77. The molecule has 64 valence electrons. The molecule has 1 fully saturated rings. The molecule has 4 nitrogen and oxygen atoms in total.